The summed E-state index contributed by atoms with van der Waals surface area (Å²) in [5, 5.41) is 0. The Morgan fingerprint density at radius 3 is 2.28 bits per heavy atom. The number of hydrogen-bond donors (Lipinski definition) is 0. The molecule has 0 aliphatic heterocycles. The lowest BCUT2D eigenvalue weighted by molar-refractivity contribution is -0.256. The highest BCUT2D eigenvalue weighted by atomic mass is 16.7. The van der Waals surface area contributed by atoms with Gasteiger partial charge in [0.1, 0.15) is 11.5 Å². The molecule has 0 saturated carbocycles. The number of ether oxygens (including phenoxy) is 5. The van der Waals surface area contributed by atoms with E-state index in [2.05, 4.69) is 0 Å². The second-order valence-corrected chi connectivity index (χ2v) is 5.79. The fraction of sp³-hybridized carbons (Fsp3) is 0.588. The SMILES string of the molecule is COC(=O)[C@@]12C=C(OC)C(=O)C(OC)(OC)[C@@H]1CC=C[C@@H]2OC(C)=O. The van der Waals surface area contributed by atoms with E-state index in [1.165, 1.54) is 41.4 Å². The maximum atomic E-state index is 12.9. The van der Waals surface area contributed by atoms with Gasteiger partial charge in [0.05, 0.1) is 14.2 Å². The van der Waals surface area contributed by atoms with Gasteiger partial charge in [-0.25, -0.2) is 0 Å². The molecule has 138 valence electrons. The first kappa shape index (κ1) is 19.1. The molecule has 0 amide bonds. The van der Waals surface area contributed by atoms with Crippen molar-refractivity contribution in [2.24, 2.45) is 11.3 Å². The molecule has 2 rings (SSSR count). The predicted molar refractivity (Wildman–Crippen MR) is 84.1 cm³/mol. The van der Waals surface area contributed by atoms with Crippen LogP contribution in [0.25, 0.3) is 0 Å². The number of carbonyl (C=O) groups is 3. The minimum absolute atomic E-state index is 0.127. The summed E-state index contributed by atoms with van der Waals surface area (Å²) < 4.78 is 26.4. The molecule has 8 nitrogen and oxygen atoms in total. The zero-order valence-corrected chi connectivity index (χ0v) is 14.9. The number of hydrogen-bond acceptors (Lipinski definition) is 8. The fourth-order valence-corrected chi connectivity index (χ4v) is 3.67. The molecule has 0 bridgehead atoms. The number of allylic oxidation sites excluding steroid dienone is 1. The Kier molecular flexibility index (Phi) is 5.34. The maximum Gasteiger partial charge on any atom is 0.320 e. The van der Waals surface area contributed by atoms with E-state index in [0.29, 0.717) is 0 Å². The lowest BCUT2D eigenvalue weighted by Crippen LogP contribution is -2.65. The lowest BCUT2D eigenvalue weighted by atomic mass is 9.59. The molecule has 0 aromatic heterocycles. The zero-order valence-electron chi connectivity index (χ0n) is 14.9. The van der Waals surface area contributed by atoms with Gasteiger partial charge in [-0.05, 0) is 18.6 Å². The Bertz CT molecular complexity index is 631. The van der Waals surface area contributed by atoms with Crippen molar-refractivity contribution in [3.05, 3.63) is 24.0 Å². The van der Waals surface area contributed by atoms with E-state index in [-0.39, 0.29) is 12.2 Å². The molecule has 0 aromatic rings. The number of rotatable bonds is 5. The van der Waals surface area contributed by atoms with Crippen LogP contribution in [0.15, 0.2) is 24.0 Å². The quantitative estimate of drug-likeness (QED) is 0.405. The minimum Gasteiger partial charge on any atom is -0.493 e. The van der Waals surface area contributed by atoms with E-state index >= 15 is 0 Å². The van der Waals surface area contributed by atoms with Gasteiger partial charge in [-0.2, -0.15) is 0 Å². The van der Waals surface area contributed by atoms with E-state index in [1.54, 1.807) is 12.2 Å². The number of Topliss-reactive ketones (excluding diaryl/α,β-unsaturated/α-hetero) is 1. The van der Waals surface area contributed by atoms with Crippen LogP contribution in [0.3, 0.4) is 0 Å². The first-order valence-corrected chi connectivity index (χ1v) is 7.68. The predicted octanol–water partition coefficient (Wildman–Crippen LogP) is 0.756. The topological polar surface area (TPSA) is 97.4 Å². The van der Waals surface area contributed by atoms with Crippen LogP contribution in [0.5, 0.6) is 0 Å². The van der Waals surface area contributed by atoms with Crippen molar-refractivity contribution in [1.82, 2.24) is 0 Å². The van der Waals surface area contributed by atoms with Gasteiger partial charge in [-0.15, -0.1) is 0 Å². The number of fused-ring (bicyclic) bond motifs is 1. The third-order valence-electron chi connectivity index (χ3n) is 4.76. The van der Waals surface area contributed by atoms with E-state index in [1.807, 2.05) is 0 Å². The summed E-state index contributed by atoms with van der Waals surface area (Å²) >= 11 is 0. The Balaban J connectivity index is 2.79. The molecular weight excluding hydrogens is 332 g/mol. The summed E-state index contributed by atoms with van der Waals surface area (Å²) in [4.78, 5) is 37.2. The maximum absolute atomic E-state index is 12.9. The van der Waals surface area contributed by atoms with E-state index in [9.17, 15) is 14.4 Å². The van der Waals surface area contributed by atoms with Crippen LogP contribution >= 0.6 is 0 Å². The molecule has 8 heteroatoms. The van der Waals surface area contributed by atoms with Crippen LogP contribution < -0.4 is 0 Å². The Hall–Kier alpha value is -2.19. The van der Waals surface area contributed by atoms with Crippen molar-refractivity contribution in [3.63, 3.8) is 0 Å². The van der Waals surface area contributed by atoms with Crippen LogP contribution in [0.4, 0.5) is 0 Å². The highest BCUT2D eigenvalue weighted by Gasteiger charge is 2.67. The van der Waals surface area contributed by atoms with Crippen LogP contribution in [-0.2, 0) is 38.1 Å². The third-order valence-corrected chi connectivity index (χ3v) is 4.76. The Morgan fingerprint density at radius 2 is 1.80 bits per heavy atom. The smallest absolute Gasteiger partial charge is 0.320 e. The van der Waals surface area contributed by atoms with Gasteiger partial charge in [-0.3, -0.25) is 14.4 Å². The van der Waals surface area contributed by atoms with Crippen LogP contribution in [0, 0.1) is 11.3 Å². The van der Waals surface area contributed by atoms with Gasteiger partial charge < -0.3 is 23.7 Å². The second-order valence-electron chi connectivity index (χ2n) is 5.79. The summed E-state index contributed by atoms with van der Waals surface area (Å²) in [5.41, 5.74) is -1.53. The highest BCUT2D eigenvalue weighted by Crippen LogP contribution is 2.53. The summed E-state index contributed by atoms with van der Waals surface area (Å²) in [7, 11) is 5.13. The molecule has 0 fully saturated rings. The molecular formula is C17H22O8. The summed E-state index contributed by atoms with van der Waals surface area (Å²) in [6, 6.07) is 0. The van der Waals surface area contributed by atoms with Crippen molar-refractivity contribution < 1.29 is 38.1 Å². The number of ketones is 1. The molecule has 2 aliphatic rings. The molecule has 25 heavy (non-hydrogen) atoms. The molecule has 2 aliphatic carbocycles. The third kappa shape index (κ3) is 2.65. The first-order valence-electron chi connectivity index (χ1n) is 7.68. The van der Waals surface area contributed by atoms with Crippen molar-refractivity contribution >= 4 is 17.7 Å². The standard InChI is InChI=1S/C17H22O8/c1-10(18)25-13-8-6-7-12-16(13,15(20)22-3)9-11(21-2)14(19)17(12,23-4)24-5/h6,8-9,12-13H,7H2,1-5H3/t12-,13+,16+/m1/s1. The second kappa shape index (κ2) is 6.97. The molecule has 0 N–H and O–H groups in total. The molecule has 0 unspecified atom stereocenters. The average molecular weight is 354 g/mol. The summed E-state index contributed by atoms with van der Waals surface area (Å²) in [6.45, 7) is 1.23. The van der Waals surface area contributed by atoms with Gasteiger partial charge >= 0.3 is 11.9 Å². The molecule has 0 saturated heterocycles. The van der Waals surface area contributed by atoms with Gasteiger partial charge in [0.15, 0.2) is 5.76 Å². The van der Waals surface area contributed by atoms with Crippen molar-refractivity contribution in [2.45, 2.75) is 25.2 Å². The van der Waals surface area contributed by atoms with Crippen molar-refractivity contribution in [1.29, 1.82) is 0 Å². The molecule has 0 aromatic carbocycles. The molecule has 0 spiro atoms. The van der Waals surface area contributed by atoms with Crippen LogP contribution in [0.1, 0.15) is 13.3 Å². The monoisotopic (exact) mass is 354 g/mol. The normalized spacial score (nSPS) is 30.1. The Labute approximate surface area is 145 Å². The van der Waals surface area contributed by atoms with Gasteiger partial charge in [0, 0.05) is 27.1 Å². The van der Waals surface area contributed by atoms with Gasteiger partial charge in [0.2, 0.25) is 5.79 Å². The fourth-order valence-electron chi connectivity index (χ4n) is 3.67. The number of esters is 2. The van der Waals surface area contributed by atoms with E-state index in [0.717, 1.165) is 0 Å². The summed E-state index contributed by atoms with van der Waals surface area (Å²) in [6.07, 6.45) is 3.92. The van der Waals surface area contributed by atoms with Crippen LogP contribution in [-0.4, -0.2) is 58.1 Å². The Morgan fingerprint density at radius 1 is 1.16 bits per heavy atom. The van der Waals surface area contributed by atoms with Crippen molar-refractivity contribution in [3.8, 4) is 0 Å². The minimum atomic E-state index is -1.78. The molecule has 0 radical (unpaired) electrons. The van der Waals surface area contributed by atoms with E-state index in [4.69, 9.17) is 23.7 Å². The highest BCUT2D eigenvalue weighted by molar-refractivity contribution is 6.03. The average Bonchev–Trinajstić information content (AvgIpc) is 2.61. The largest absolute Gasteiger partial charge is 0.493 e. The first-order chi connectivity index (χ1) is 11.8. The van der Waals surface area contributed by atoms with Crippen molar-refractivity contribution in [2.75, 3.05) is 28.4 Å². The van der Waals surface area contributed by atoms with E-state index < -0.39 is 40.9 Å². The van der Waals surface area contributed by atoms with Gasteiger partial charge in [0.25, 0.3) is 5.78 Å². The van der Waals surface area contributed by atoms with Crippen LogP contribution in [0.2, 0.25) is 0 Å². The lowest BCUT2D eigenvalue weighted by Gasteiger charge is -2.51. The zero-order chi connectivity index (χ0) is 18.8. The van der Waals surface area contributed by atoms with Gasteiger partial charge in [-0.1, -0.05) is 6.08 Å². The number of methoxy groups -OCH3 is 4. The number of carbonyl (C=O) groups excluding carboxylic acids is 3. The molecule has 3 atom stereocenters. The molecule has 0 heterocycles. The summed E-state index contributed by atoms with van der Waals surface area (Å²) in [5.74, 6) is -4.54.